The molecule has 2 aromatic heterocycles. The second-order valence-corrected chi connectivity index (χ2v) is 23.4. The molecule has 8 rings (SSSR count). The van der Waals surface area contributed by atoms with Gasteiger partial charge in [0, 0.05) is 112 Å². The van der Waals surface area contributed by atoms with Crippen LogP contribution in [0.15, 0.2) is 72.1 Å². The predicted molar refractivity (Wildman–Crippen MR) is 326 cm³/mol. The van der Waals surface area contributed by atoms with Gasteiger partial charge >= 0.3 is 24.2 Å². The fourth-order valence-electron chi connectivity index (χ4n) is 10.8. The molecule has 0 radical (unpaired) electrons. The number of carboxylic acid groups (broad SMARTS) is 1. The number of carboxylic acids is 1. The van der Waals surface area contributed by atoms with Gasteiger partial charge in [-0.25, -0.2) is 19.2 Å². The molecule has 0 aliphatic carbocycles. The lowest BCUT2D eigenvalue weighted by Gasteiger charge is -2.34. The number of rotatable bonds is 28. The van der Waals surface area contributed by atoms with E-state index >= 15 is 0 Å². The number of aromatic nitrogens is 1. The molecule has 25 heteroatoms. The molecule has 0 saturated carbocycles. The van der Waals surface area contributed by atoms with E-state index in [0.29, 0.717) is 49.4 Å². The van der Waals surface area contributed by atoms with Gasteiger partial charge < -0.3 is 55.4 Å². The van der Waals surface area contributed by atoms with Crippen molar-refractivity contribution < 1.29 is 62.5 Å². The number of H-pyrrole nitrogens is 1. The molecule has 3 aliphatic heterocycles. The molecule has 0 unspecified atom stereocenters. The van der Waals surface area contributed by atoms with Crippen molar-refractivity contribution in [3.05, 3.63) is 94.5 Å². The van der Waals surface area contributed by atoms with Gasteiger partial charge in [0.25, 0.3) is 23.6 Å². The number of fused-ring (bicyclic) bond motifs is 4. The molecule has 3 aromatic carbocycles. The van der Waals surface area contributed by atoms with Crippen molar-refractivity contribution in [2.24, 2.45) is 11.7 Å². The number of thiophene rings is 1. The molecule has 460 valence electrons. The first-order valence-electron chi connectivity index (χ1n) is 28.9. The number of urea groups is 1. The number of carbonyl (C=O) groups excluding carboxylic acids is 8. The fourth-order valence-corrected chi connectivity index (χ4v) is 12.1. The maximum atomic E-state index is 14.5. The van der Waals surface area contributed by atoms with Gasteiger partial charge in [0.1, 0.15) is 36.7 Å². The lowest BCUT2D eigenvalue weighted by Crippen LogP contribution is -2.56. The smallest absolute Gasteiger partial charge is 0.415 e. The van der Waals surface area contributed by atoms with E-state index in [1.807, 2.05) is 36.6 Å². The van der Waals surface area contributed by atoms with Crippen LogP contribution >= 0.6 is 22.9 Å². The summed E-state index contributed by atoms with van der Waals surface area (Å²) in [4.78, 5) is 130. The second kappa shape index (κ2) is 29.2. The number of halogens is 1. The third-order valence-electron chi connectivity index (χ3n) is 15.6. The van der Waals surface area contributed by atoms with Crippen molar-refractivity contribution in [1.29, 1.82) is 0 Å². The van der Waals surface area contributed by atoms with Crippen LogP contribution in [0.2, 0.25) is 0 Å². The molecular weight excluding hydrogens is 1150 g/mol. The number of aliphatic carboxylic acids is 1. The maximum Gasteiger partial charge on any atom is 0.415 e. The summed E-state index contributed by atoms with van der Waals surface area (Å²) in [5.74, 6) is -2.92. The van der Waals surface area contributed by atoms with Gasteiger partial charge in [-0.2, -0.15) is 0 Å². The van der Waals surface area contributed by atoms with Crippen LogP contribution in [0.5, 0.6) is 11.5 Å². The number of imide groups is 1. The first-order valence-corrected chi connectivity index (χ1v) is 30.4. The summed E-state index contributed by atoms with van der Waals surface area (Å²) in [5.41, 5.74) is 9.54. The number of hydrogen-bond acceptors (Lipinski definition) is 14. The average molecular weight is 1220 g/mol. The number of likely N-dealkylation sites (tertiary alicyclic amines) is 1. The number of nitrogens with two attached hydrogens (primary N) is 1. The Morgan fingerprint density at radius 3 is 2.28 bits per heavy atom. The number of amides is 9. The lowest BCUT2D eigenvalue weighted by atomic mass is 9.97. The Morgan fingerprint density at radius 2 is 1.60 bits per heavy atom. The van der Waals surface area contributed by atoms with Crippen molar-refractivity contribution in [3.63, 3.8) is 0 Å². The van der Waals surface area contributed by atoms with Gasteiger partial charge in [0.15, 0.2) is 5.75 Å². The average Bonchev–Trinajstić information content (AvgIpc) is 1.65. The van der Waals surface area contributed by atoms with Crippen LogP contribution in [-0.4, -0.2) is 174 Å². The first kappa shape index (κ1) is 63.8. The van der Waals surface area contributed by atoms with Crippen LogP contribution in [0.4, 0.5) is 25.8 Å². The highest BCUT2D eigenvalue weighted by molar-refractivity contribution is 7.17. The molecule has 9 amide bonds. The Balaban J connectivity index is 0.872. The number of likely N-dealkylation sites (N-methyl/N-ethyl adjacent to an activating group) is 2. The minimum absolute atomic E-state index is 0.0321. The number of benzene rings is 3. The molecule has 86 heavy (non-hydrogen) atoms. The zero-order valence-corrected chi connectivity index (χ0v) is 50.6. The molecule has 5 aromatic rings. The molecule has 1 saturated heterocycles. The second-order valence-electron chi connectivity index (χ2n) is 22.2. The van der Waals surface area contributed by atoms with E-state index in [2.05, 4.69) is 20.5 Å². The fraction of sp³-hybridized carbons (Fsp3) is 0.459. The van der Waals surface area contributed by atoms with Crippen LogP contribution in [0, 0.1) is 12.8 Å². The van der Waals surface area contributed by atoms with Gasteiger partial charge in [-0.05, 0) is 123 Å². The van der Waals surface area contributed by atoms with Crippen LogP contribution in [-0.2, 0) is 35.3 Å². The number of unbranched alkanes of at least 4 members (excludes halogenated alkanes) is 2. The first-order chi connectivity index (χ1) is 41.2. The minimum Gasteiger partial charge on any atom is -0.492 e. The van der Waals surface area contributed by atoms with Crippen LogP contribution in [0.25, 0.3) is 21.0 Å². The van der Waals surface area contributed by atoms with E-state index in [1.165, 1.54) is 65.3 Å². The number of aromatic amines is 1. The number of carbonyl (C=O) groups is 9. The van der Waals surface area contributed by atoms with E-state index in [1.54, 1.807) is 44.0 Å². The minimum atomic E-state index is -1.44. The standard InChI is InChI=1S/C61H75ClN10O13S/c1-37(2)54(66-49(73)13-7-6-8-25-70-50(74)20-21-51(70)75)57(77)72(46(58(78)79)12-11-22-64-59(63)80)42-16-14-39(15-17-42)35-84-60(81)67(4)26-27-68(5)61(82)85-48-32-47-53(52-38(3)36-86-55(48)52)41(33-62)34-71(47)56(76)45-31-40-30-43(18-19-44(40)65-45)83-29-28-69-23-9-10-24-69/h14-21,30-32,36-37,41,46,54,65H,6-13,22-29,33-35H2,1-5H3,(H,66,73)(H,78,79)(H3,63,64,80)/t41-,46+,54+/m1/s1. The molecule has 1 fully saturated rings. The highest BCUT2D eigenvalue weighted by Crippen LogP contribution is 2.49. The van der Waals surface area contributed by atoms with Gasteiger partial charge in [0.05, 0.1) is 10.4 Å². The van der Waals surface area contributed by atoms with Crippen LogP contribution in [0.1, 0.15) is 98.3 Å². The predicted octanol–water partition coefficient (Wildman–Crippen LogP) is 7.71. The summed E-state index contributed by atoms with van der Waals surface area (Å²) in [6.45, 7) is 9.47. The molecule has 0 spiro atoms. The van der Waals surface area contributed by atoms with Gasteiger partial charge in [-0.3, -0.25) is 38.7 Å². The Hall–Kier alpha value is -8.22. The van der Waals surface area contributed by atoms with Crippen molar-refractivity contribution in [3.8, 4) is 11.5 Å². The number of primary amides is 1. The number of hydrogen-bond donors (Lipinski definition) is 5. The molecular formula is C61H75ClN10O13S. The summed E-state index contributed by atoms with van der Waals surface area (Å²) in [7, 11) is 3.05. The van der Waals surface area contributed by atoms with Gasteiger partial charge in [-0.1, -0.05) is 32.4 Å². The van der Waals surface area contributed by atoms with E-state index < -0.39 is 54.0 Å². The zero-order valence-electron chi connectivity index (χ0n) is 49.1. The number of ether oxygens (including phenoxy) is 3. The number of nitrogens with one attached hydrogen (secondary N) is 3. The molecule has 3 aliphatic rings. The van der Waals surface area contributed by atoms with Crippen LogP contribution in [0.3, 0.4) is 0 Å². The Morgan fingerprint density at radius 1 is 0.895 bits per heavy atom. The zero-order chi connectivity index (χ0) is 61.8. The number of anilines is 2. The Bertz CT molecular complexity index is 3340. The number of aryl methyl sites for hydroxylation is 1. The lowest BCUT2D eigenvalue weighted by molar-refractivity contribution is -0.141. The third-order valence-corrected chi connectivity index (χ3v) is 17.1. The Kier molecular flexibility index (Phi) is 21.7. The van der Waals surface area contributed by atoms with Crippen molar-refractivity contribution >= 4 is 109 Å². The Labute approximate surface area is 507 Å². The summed E-state index contributed by atoms with van der Waals surface area (Å²) in [6.07, 6.45) is 4.91. The van der Waals surface area contributed by atoms with Crippen molar-refractivity contribution in [2.45, 2.75) is 96.7 Å². The van der Waals surface area contributed by atoms with E-state index in [4.69, 9.17) is 31.5 Å². The normalized spacial score (nSPS) is 15.5. The number of nitrogens with zero attached hydrogens (tertiary/aromatic N) is 6. The summed E-state index contributed by atoms with van der Waals surface area (Å²) >= 11 is 8.04. The van der Waals surface area contributed by atoms with Crippen LogP contribution < -0.4 is 35.6 Å². The highest BCUT2D eigenvalue weighted by atomic mass is 35.5. The van der Waals surface area contributed by atoms with E-state index in [-0.39, 0.29) is 93.0 Å². The molecule has 5 heterocycles. The van der Waals surface area contributed by atoms with Crippen molar-refractivity contribution in [1.82, 2.24) is 35.2 Å². The summed E-state index contributed by atoms with van der Waals surface area (Å²) < 4.78 is 18.5. The number of alkyl halides is 1. The van der Waals surface area contributed by atoms with E-state index in [9.17, 15) is 48.3 Å². The van der Waals surface area contributed by atoms with E-state index in [0.717, 1.165) is 67.3 Å². The molecule has 0 bridgehead atoms. The third kappa shape index (κ3) is 15.6. The summed E-state index contributed by atoms with van der Waals surface area (Å²) in [5, 5.41) is 19.4. The highest BCUT2D eigenvalue weighted by Gasteiger charge is 2.39. The summed E-state index contributed by atoms with van der Waals surface area (Å²) in [6, 6.07) is 12.1. The maximum absolute atomic E-state index is 14.5. The van der Waals surface area contributed by atoms with Gasteiger partial charge in [0.2, 0.25) is 5.91 Å². The largest absolute Gasteiger partial charge is 0.492 e. The SMILES string of the molecule is Cc1csc2c(OC(=O)N(C)CCN(C)C(=O)OCc3ccc(N(C(=O)[C@@H](NC(=O)CCCCCN4C(=O)C=CC4=O)C(C)C)[C@@H](CCCNC(N)=O)C(=O)O)cc3)cc3c(c12)[C@H](CCl)CN3C(=O)c1cc2cc(OCCN3CCCC3)ccc2[nH]1. The quantitative estimate of drug-likeness (QED) is 0.0182. The monoisotopic (exact) mass is 1220 g/mol. The molecule has 6 N–H and O–H groups in total. The topological polar surface area (TPSA) is 287 Å². The van der Waals surface area contributed by atoms with Crippen molar-refractivity contribution in [2.75, 3.05) is 88.7 Å². The molecule has 23 nitrogen and oxygen atoms in total. The van der Waals surface area contributed by atoms with Gasteiger partial charge in [-0.15, -0.1) is 22.9 Å². The molecule has 3 atom stereocenters.